The molecule has 1 aliphatic rings. The van der Waals surface area contributed by atoms with Crippen LogP contribution in [0.5, 0.6) is 0 Å². The van der Waals surface area contributed by atoms with E-state index in [4.69, 9.17) is 5.73 Å². The van der Waals surface area contributed by atoms with Crippen LogP contribution in [0.15, 0.2) is 24.3 Å². The van der Waals surface area contributed by atoms with Crippen LogP contribution in [-0.4, -0.2) is 24.0 Å². The van der Waals surface area contributed by atoms with Crippen LogP contribution in [0.3, 0.4) is 0 Å². The Labute approximate surface area is 103 Å². The van der Waals surface area contributed by atoms with E-state index in [1.165, 1.54) is 18.9 Å². The van der Waals surface area contributed by atoms with Crippen molar-refractivity contribution in [3.8, 4) is 0 Å². The zero-order valence-electron chi connectivity index (χ0n) is 10.5. The molecule has 2 nitrogen and oxygen atoms in total. The van der Waals surface area contributed by atoms with Gasteiger partial charge in [-0.25, -0.2) is 4.39 Å². The molecular weight excluding hydrogens is 215 g/mol. The molecule has 2 rings (SSSR count). The quantitative estimate of drug-likeness (QED) is 0.870. The van der Waals surface area contributed by atoms with Crippen molar-refractivity contribution in [3.63, 3.8) is 0 Å². The van der Waals surface area contributed by atoms with E-state index >= 15 is 0 Å². The Morgan fingerprint density at radius 1 is 1.35 bits per heavy atom. The maximum atomic E-state index is 13.1. The molecule has 1 aromatic rings. The van der Waals surface area contributed by atoms with Gasteiger partial charge in [-0.05, 0) is 37.6 Å². The molecule has 0 bridgehead atoms. The van der Waals surface area contributed by atoms with Crippen molar-refractivity contribution in [1.29, 1.82) is 0 Å². The molecule has 1 fully saturated rings. The molecule has 0 amide bonds. The second-order valence-corrected chi connectivity index (χ2v) is 5.37. The smallest absolute Gasteiger partial charge is 0.123 e. The SMILES string of the molecule is CN(Cc1cccc(F)c1)CC1(N)CCCC1. The molecule has 0 heterocycles. The van der Waals surface area contributed by atoms with Crippen LogP contribution in [0.2, 0.25) is 0 Å². The Kier molecular flexibility index (Phi) is 3.79. The van der Waals surface area contributed by atoms with Gasteiger partial charge in [-0.2, -0.15) is 0 Å². The number of benzene rings is 1. The lowest BCUT2D eigenvalue weighted by Gasteiger charge is -2.29. The summed E-state index contributed by atoms with van der Waals surface area (Å²) in [6.45, 7) is 1.65. The summed E-state index contributed by atoms with van der Waals surface area (Å²) in [7, 11) is 2.05. The van der Waals surface area contributed by atoms with Crippen LogP contribution in [0.1, 0.15) is 31.2 Å². The maximum absolute atomic E-state index is 13.1. The number of hydrogen-bond acceptors (Lipinski definition) is 2. The Hall–Kier alpha value is -0.930. The van der Waals surface area contributed by atoms with Crippen LogP contribution in [-0.2, 0) is 6.54 Å². The zero-order chi connectivity index (χ0) is 12.3. The van der Waals surface area contributed by atoms with Gasteiger partial charge in [0.2, 0.25) is 0 Å². The minimum atomic E-state index is -0.167. The Balaban J connectivity index is 1.90. The molecule has 0 aromatic heterocycles. The molecule has 0 saturated heterocycles. The van der Waals surface area contributed by atoms with Gasteiger partial charge in [-0.15, -0.1) is 0 Å². The van der Waals surface area contributed by atoms with Crippen molar-refractivity contribution in [2.45, 2.75) is 37.8 Å². The third-order valence-corrected chi connectivity index (χ3v) is 3.53. The summed E-state index contributed by atoms with van der Waals surface area (Å²) in [4.78, 5) is 2.19. The molecule has 0 atom stereocenters. The van der Waals surface area contributed by atoms with Crippen LogP contribution in [0, 0.1) is 5.82 Å². The summed E-state index contributed by atoms with van der Waals surface area (Å²) >= 11 is 0. The Morgan fingerprint density at radius 3 is 2.71 bits per heavy atom. The third kappa shape index (κ3) is 3.51. The summed E-state index contributed by atoms with van der Waals surface area (Å²) in [5.41, 5.74) is 7.31. The average molecular weight is 236 g/mol. The van der Waals surface area contributed by atoms with Gasteiger partial charge in [0, 0.05) is 18.6 Å². The summed E-state index contributed by atoms with van der Waals surface area (Å²) < 4.78 is 13.1. The molecule has 0 radical (unpaired) electrons. The van der Waals surface area contributed by atoms with Crippen LogP contribution >= 0.6 is 0 Å². The molecule has 2 N–H and O–H groups in total. The van der Waals surface area contributed by atoms with E-state index in [1.807, 2.05) is 6.07 Å². The number of nitrogens with zero attached hydrogens (tertiary/aromatic N) is 1. The molecule has 1 saturated carbocycles. The van der Waals surface area contributed by atoms with Crippen molar-refractivity contribution >= 4 is 0 Å². The highest BCUT2D eigenvalue weighted by Crippen LogP contribution is 2.27. The summed E-state index contributed by atoms with van der Waals surface area (Å²) in [5, 5.41) is 0. The fraction of sp³-hybridized carbons (Fsp3) is 0.571. The summed E-state index contributed by atoms with van der Waals surface area (Å²) in [6, 6.07) is 6.78. The lowest BCUT2D eigenvalue weighted by molar-refractivity contribution is 0.241. The van der Waals surface area contributed by atoms with E-state index in [9.17, 15) is 4.39 Å². The molecule has 0 aliphatic heterocycles. The first-order valence-electron chi connectivity index (χ1n) is 6.29. The van der Waals surface area contributed by atoms with Crippen molar-refractivity contribution < 1.29 is 4.39 Å². The molecule has 0 spiro atoms. The Bertz CT molecular complexity index is 372. The van der Waals surface area contributed by atoms with Gasteiger partial charge in [0.25, 0.3) is 0 Å². The fourth-order valence-electron chi connectivity index (χ4n) is 2.78. The van der Waals surface area contributed by atoms with Crippen molar-refractivity contribution in [3.05, 3.63) is 35.6 Å². The fourth-order valence-corrected chi connectivity index (χ4v) is 2.78. The van der Waals surface area contributed by atoms with E-state index in [1.54, 1.807) is 12.1 Å². The molecule has 1 aliphatic carbocycles. The maximum Gasteiger partial charge on any atom is 0.123 e. The first-order valence-corrected chi connectivity index (χ1v) is 6.29. The van der Waals surface area contributed by atoms with Gasteiger partial charge in [0.1, 0.15) is 5.82 Å². The van der Waals surface area contributed by atoms with Gasteiger partial charge in [0.15, 0.2) is 0 Å². The predicted octanol–water partition coefficient (Wildman–Crippen LogP) is 2.53. The number of hydrogen-bond donors (Lipinski definition) is 1. The van der Waals surface area contributed by atoms with E-state index in [-0.39, 0.29) is 11.4 Å². The highest BCUT2D eigenvalue weighted by Gasteiger charge is 2.30. The second-order valence-electron chi connectivity index (χ2n) is 5.37. The van der Waals surface area contributed by atoms with Gasteiger partial charge in [-0.1, -0.05) is 25.0 Å². The van der Waals surface area contributed by atoms with Gasteiger partial charge >= 0.3 is 0 Å². The van der Waals surface area contributed by atoms with Crippen LogP contribution in [0.4, 0.5) is 4.39 Å². The first kappa shape index (κ1) is 12.5. The lowest BCUT2D eigenvalue weighted by atomic mass is 9.98. The van der Waals surface area contributed by atoms with E-state index in [2.05, 4.69) is 11.9 Å². The minimum absolute atomic E-state index is 0.0257. The number of halogens is 1. The third-order valence-electron chi connectivity index (χ3n) is 3.53. The molecule has 0 unspecified atom stereocenters. The topological polar surface area (TPSA) is 29.3 Å². The van der Waals surface area contributed by atoms with E-state index in [0.717, 1.165) is 31.5 Å². The second kappa shape index (κ2) is 5.15. The van der Waals surface area contributed by atoms with E-state index in [0.29, 0.717) is 0 Å². The zero-order valence-corrected chi connectivity index (χ0v) is 10.5. The molecule has 94 valence electrons. The lowest BCUT2D eigenvalue weighted by Crippen LogP contribution is -2.46. The highest BCUT2D eigenvalue weighted by molar-refractivity contribution is 5.16. The standard InChI is InChI=1S/C14H21FN2/c1-17(11-14(16)7-2-3-8-14)10-12-5-4-6-13(15)9-12/h4-6,9H,2-3,7-8,10-11,16H2,1H3. The van der Waals surface area contributed by atoms with Crippen molar-refractivity contribution in [2.24, 2.45) is 5.73 Å². The minimum Gasteiger partial charge on any atom is -0.324 e. The van der Waals surface area contributed by atoms with Gasteiger partial charge in [0.05, 0.1) is 0 Å². The van der Waals surface area contributed by atoms with Crippen molar-refractivity contribution in [2.75, 3.05) is 13.6 Å². The molecule has 1 aromatic carbocycles. The Morgan fingerprint density at radius 2 is 2.06 bits per heavy atom. The molecule has 3 heteroatoms. The predicted molar refractivity (Wildman–Crippen MR) is 68.1 cm³/mol. The summed E-state index contributed by atoms with van der Waals surface area (Å²) in [5.74, 6) is -0.167. The molecule has 17 heavy (non-hydrogen) atoms. The highest BCUT2D eigenvalue weighted by atomic mass is 19.1. The van der Waals surface area contributed by atoms with Gasteiger partial charge < -0.3 is 10.6 Å². The monoisotopic (exact) mass is 236 g/mol. The molecular formula is C14H21FN2. The number of nitrogens with two attached hydrogens (primary N) is 1. The van der Waals surface area contributed by atoms with Crippen LogP contribution in [0.25, 0.3) is 0 Å². The first-order chi connectivity index (χ1) is 8.07. The number of likely N-dealkylation sites (N-methyl/N-ethyl adjacent to an activating group) is 1. The summed E-state index contributed by atoms with van der Waals surface area (Å²) in [6.07, 6.45) is 4.70. The van der Waals surface area contributed by atoms with Crippen molar-refractivity contribution in [1.82, 2.24) is 4.90 Å². The number of rotatable bonds is 4. The normalized spacial score (nSPS) is 18.8. The van der Waals surface area contributed by atoms with E-state index < -0.39 is 0 Å². The van der Waals surface area contributed by atoms with Crippen LogP contribution < -0.4 is 5.73 Å². The largest absolute Gasteiger partial charge is 0.324 e. The average Bonchev–Trinajstić information content (AvgIpc) is 2.64. The van der Waals surface area contributed by atoms with Gasteiger partial charge in [-0.3, -0.25) is 0 Å².